The molecule has 0 aliphatic heterocycles. The van der Waals surface area contributed by atoms with Crippen LogP contribution in [0.25, 0.3) is 0 Å². The van der Waals surface area contributed by atoms with E-state index in [4.69, 9.17) is 4.74 Å². The molecule has 0 saturated heterocycles. The number of ether oxygens (including phenoxy) is 1. The normalized spacial score (nSPS) is 11.8. The third-order valence-corrected chi connectivity index (χ3v) is 2.90. The minimum Gasteiger partial charge on any atom is -0.497 e. The molecule has 0 fully saturated rings. The number of benzene rings is 2. The Labute approximate surface area is 120 Å². The maximum absolute atomic E-state index is 13.7. The van der Waals surface area contributed by atoms with Gasteiger partial charge in [0, 0.05) is 17.3 Å². The second-order valence-electron chi connectivity index (χ2n) is 4.31. The minimum atomic E-state index is -1.41. The number of nitrogens with one attached hydrogen (secondary N) is 1. The highest BCUT2D eigenvalue weighted by Crippen LogP contribution is 2.25. The zero-order chi connectivity index (χ0) is 15.4. The molecule has 6 heteroatoms. The van der Waals surface area contributed by atoms with E-state index in [0.717, 1.165) is 18.2 Å². The van der Waals surface area contributed by atoms with E-state index >= 15 is 0 Å². The molecule has 21 heavy (non-hydrogen) atoms. The van der Waals surface area contributed by atoms with E-state index in [1.54, 1.807) is 24.3 Å². The Bertz CT molecular complexity index is 661. The van der Waals surface area contributed by atoms with Crippen LogP contribution in [0.5, 0.6) is 5.75 Å². The molecule has 0 aliphatic carbocycles. The number of carboxylic acid groups (broad SMARTS) is 1. The number of hydrogen-bond acceptors (Lipinski definition) is 3. The zero-order valence-corrected chi connectivity index (χ0v) is 11.1. The van der Waals surface area contributed by atoms with E-state index in [-0.39, 0.29) is 5.56 Å². The minimum absolute atomic E-state index is 0.273. The van der Waals surface area contributed by atoms with Gasteiger partial charge in [-0.3, -0.25) is 0 Å². The highest BCUT2D eigenvalue weighted by molar-refractivity contribution is 5.79. The van der Waals surface area contributed by atoms with E-state index in [1.165, 1.54) is 7.11 Å². The zero-order valence-electron chi connectivity index (χ0n) is 11.1. The number of anilines is 1. The van der Waals surface area contributed by atoms with Crippen LogP contribution in [0.4, 0.5) is 14.5 Å². The van der Waals surface area contributed by atoms with Crippen molar-refractivity contribution in [1.29, 1.82) is 0 Å². The number of carbonyl (C=O) groups is 1. The Morgan fingerprint density at radius 3 is 2.67 bits per heavy atom. The summed E-state index contributed by atoms with van der Waals surface area (Å²) in [6, 6.07) is 7.79. The van der Waals surface area contributed by atoms with Crippen LogP contribution in [0.3, 0.4) is 0 Å². The second kappa shape index (κ2) is 6.21. The van der Waals surface area contributed by atoms with Crippen LogP contribution in [-0.2, 0) is 4.79 Å². The van der Waals surface area contributed by atoms with E-state index in [2.05, 4.69) is 5.32 Å². The van der Waals surface area contributed by atoms with Crippen molar-refractivity contribution in [3.63, 3.8) is 0 Å². The van der Waals surface area contributed by atoms with E-state index in [1.807, 2.05) is 0 Å². The molecule has 0 bridgehead atoms. The first-order valence-corrected chi connectivity index (χ1v) is 6.09. The average Bonchev–Trinajstić information content (AvgIpc) is 2.47. The second-order valence-corrected chi connectivity index (χ2v) is 4.31. The van der Waals surface area contributed by atoms with Gasteiger partial charge in [-0.15, -0.1) is 0 Å². The van der Waals surface area contributed by atoms with Crippen molar-refractivity contribution in [3.05, 3.63) is 59.7 Å². The summed E-state index contributed by atoms with van der Waals surface area (Å²) in [4.78, 5) is 11.3. The van der Waals surface area contributed by atoms with Crippen LogP contribution in [-0.4, -0.2) is 18.2 Å². The summed E-state index contributed by atoms with van der Waals surface area (Å²) in [7, 11) is 1.47. The number of halogens is 2. The standard InChI is InChI=1S/C15H13F2NO3/c1-21-11-4-2-3-10(8-11)18-14(15(19)20)12-7-9(16)5-6-13(12)17/h2-8,14,18H,1H3,(H,19,20). The van der Waals surface area contributed by atoms with Crippen LogP contribution in [0, 0.1) is 11.6 Å². The molecule has 1 atom stereocenters. The Morgan fingerprint density at radius 2 is 2.00 bits per heavy atom. The van der Waals surface area contributed by atoms with Crippen molar-refractivity contribution < 1.29 is 23.4 Å². The van der Waals surface area contributed by atoms with E-state index in [0.29, 0.717) is 11.4 Å². The van der Waals surface area contributed by atoms with Gasteiger partial charge >= 0.3 is 5.97 Å². The summed E-state index contributed by atoms with van der Waals surface area (Å²) in [5.41, 5.74) is 0.149. The molecule has 0 aliphatic rings. The predicted octanol–water partition coefficient (Wildman–Crippen LogP) is 3.21. The van der Waals surface area contributed by atoms with Crippen molar-refractivity contribution in [2.24, 2.45) is 0 Å². The van der Waals surface area contributed by atoms with Gasteiger partial charge in [0.05, 0.1) is 7.11 Å². The topological polar surface area (TPSA) is 58.6 Å². The van der Waals surface area contributed by atoms with Gasteiger partial charge in [-0.25, -0.2) is 13.6 Å². The summed E-state index contributed by atoms with van der Waals surface area (Å²) in [6.07, 6.45) is 0. The molecule has 2 rings (SSSR count). The lowest BCUT2D eigenvalue weighted by Crippen LogP contribution is -2.21. The van der Waals surface area contributed by atoms with Crippen LogP contribution in [0.2, 0.25) is 0 Å². The highest BCUT2D eigenvalue weighted by Gasteiger charge is 2.23. The SMILES string of the molecule is COc1cccc(NC(C(=O)O)c2cc(F)ccc2F)c1. The summed E-state index contributed by atoms with van der Waals surface area (Å²) >= 11 is 0. The van der Waals surface area contributed by atoms with Crippen LogP contribution in [0.1, 0.15) is 11.6 Å². The molecule has 0 heterocycles. The Kier molecular flexibility index (Phi) is 4.37. The molecule has 1 unspecified atom stereocenters. The molecule has 0 aromatic heterocycles. The smallest absolute Gasteiger partial charge is 0.330 e. The van der Waals surface area contributed by atoms with Crippen molar-refractivity contribution in [3.8, 4) is 5.75 Å². The van der Waals surface area contributed by atoms with E-state index in [9.17, 15) is 18.7 Å². The first-order valence-electron chi connectivity index (χ1n) is 6.09. The van der Waals surface area contributed by atoms with Gasteiger partial charge in [0.25, 0.3) is 0 Å². The lowest BCUT2D eigenvalue weighted by molar-refractivity contribution is -0.138. The van der Waals surface area contributed by atoms with Gasteiger partial charge in [-0.05, 0) is 30.3 Å². The van der Waals surface area contributed by atoms with Crippen molar-refractivity contribution >= 4 is 11.7 Å². The van der Waals surface area contributed by atoms with Crippen LogP contribution in [0.15, 0.2) is 42.5 Å². The Morgan fingerprint density at radius 1 is 1.24 bits per heavy atom. The van der Waals surface area contributed by atoms with Crippen molar-refractivity contribution in [2.45, 2.75) is 6.04 Å². The molecular weight excluding hydrogens is 280 g/mol. The fraction of sp³-hybridized carbons (Fsp3) is 0.133. The molecule has 4 nitrogen and oxygen atoms in total. The average molecular weight is 293 g/mol. The van der Waals surface area contributed by atoms with Gasteiger partial charge in [0.15, 0.2) is 6.04 Å². The molecule has 2 aromatic carbocycles. The van der Waals surface area contributed by atoms with Crippen molar-refractivity contribution in [2.75, 3.05) is 12.4 Å². The number of aliphatic carboxylic acids is 1. The van der Waals surface area contributed by atoms with E-state index < -0.39 is 23.6 Å². The highest BCUT2D eigenvalue weighted by atomic mass is 19.1. The maximum Gasteiger partial charge on any atom is 0.330 e. The summed E-state index contributed by atoms with van der Waals surface area (Å²) < 4.78 is 32.0. The number of methoxy groups -OCH3 is 1. The fourth-order valence-electron chi connectivity index (χ4n) is 1.89. The summed E-state index contributed by atoms with van der Waals surface area (Å²) in [6.45, 7) is 0. The van der Waals surface area contributed by atoms with Gasteiger partial charge in [0.1, 0.15) is 17.4 Å². The summed E-state index contributed by atoms with van der Waals surface area (Å²) in [5, 5.41) is 11.9. The molecule has 0 saturated carbocycles. The fourth-order valence-corrected chi connectivity index (χ4v) is 1.89. The van der Waals surface area contributed by atoms with Crippen molar-refractivity contribution in [1.82, 2.24) is 0 Å². The van der Waals surface area contributed by atoms with Crippen LogP contribution < -0.4 is 10.1 Å². The lowest BCUT2D eigenvalue weighted by Gasteiger charge is -2.17. The largest absolute Gasteiger partial charge is 0.497 e. The predicted molar refractivity (Wildman–Crippen MR) is 73.4 cm³/mol. The lowest BCUT2D eigenvalue weighted by atomic mass is 10.1. The number of rotatable bonds is 5. The molecule has 2 N–H and O–H groups in total. The number of hydrogen-bond donors (Lipinski definition) is 2. The maximum atomic E-state index is 13.7. The van der Waals surface area contributed by atoms with Crippen LogP contribution >= 0.6 is 0 Å². The summed E-state index contributed by atoms with van der Waals surface area (Å²) in [5.74, 6) is -2.30. The molecule has 110 valence electrons. The Balaban J connectivity index is 2.35. The molecule has 0 amide bonds. The molecule has 2 aromatic rings. The Hall–Kier alpha value is -2.63. The first-order chi connectivity index (χ1) is 10.0. The first kappa shape index (κ1) is 14.8. The van der Waals surface area contributed by atoms with Gasteiger partial charge in [0.2, 0.25) is 0 Å². The monoisotopic (exact) mass is 293 g/mol. The number of carboxylic acids is 1. The third-order valence-electron chi connectivity index (χ3n) is 2.90. The molecule has 0 spiro atoms. The van der Waals surface area contributed by atoms with Gasteiger partial charge < -0.3 is 15.2 Å². The third kappa shape index (κ3) is 3.47. The molecular formula is C15H13F2NO3. The van der Waals surface area contributed by atoms with Gasteiger partial charge in [-0.2, -0.15) is 0 Å². The molecule has 0 radical (unpaired) electrons. The van der Waals surface area contributed by atoms with Gasteiger partial charge in [-0.1, -0.05) is 6.07 Å². The quantitative estimate of drug-likeness (QED) is 0.888.